The monoisotopic (exact) mass is 349 g/mol. The van der Waals surface area contributed by atoms with Crippen LogP contribution in [0.3, 0.4) is 0 Å². The molecular weight excluding hydrogens is 330 g/mol. The average molecular weight is 349 g/mol. The van der Waals surface area contributed by atoms with E-state index in [0.29, 0.717) is 42.8 Å². The van der Waals surface area contributed by atoms with E-state index in [1.54, 1.807) is 24.4 Å². The minimum Gasteiger partial charge on any atom is -0.464 e. The second kappa shape index (κ2) is 7.76. The lowest BCUT2D eigenvalue weighted by atomic mass is 10.1. The highest BCUT2D eigenvalue weighted by Crippen LogP contribution is 2.18. The fourth-order valence-corrected chi connectivity index (χ4v) is 2.98. The fraction of sp³-hybridized carbons (Fsp3) is 0.263. The zero-order chi connectivity index (χ0) is 18.5. The summed E-state index contributed by atoms with van der Waals surface area (Å²) in [6.45, 7) is 0.916. The number of fused-ring (bicyclic) bond motifs is 1. The molecule has 0 fully saturated rings. The summed E-state index contributed by atoms with van der Waals surface area (Å²) in [7, 11) is 1.90. The second-order valence-corrected chi connectivity index (χ2v) is 6.07. The third-order valence-electron chi connectivity index (χ3n) is 4.14. The van der Waals surface area contributed by atoms with Crippen molar-refractivity contribution in [3.8, 4) is 6.07 Å². The number of pyridine rings is 1. The van der Waals surface area contributed by atoms with Crippen molar-refractivity contribution < 1.29 is 9.90 Å². The number of aromatic nitrogens is 3. The van der Waals surface area contributed by atoms with Crippen molar-refractivity contribution in [3.63, 3.8) is 0 Å². The van der Waals surface area contributed by atoms with Crippen molar-refractivity contribution in [2.24, 2.45) is 0 Å². The molecular formula is C19H19N5O2. The normalized spacial score (nSPS) is 11.0. The zero-order valence-electron chi connectivity index (χ0n) is 14.5. The second-order valence-electron chi connectivity index (χ2n) is 6.07. The maximum atomic E-state index is 11.7. The van der Waals surface area contributed by atoms with Gasteiger partial charge in [0.05, 0.1) is 29.3 Å². The van der Waals surface area contributed by atoms with Gasteiger partial charge >= 0.3 is 6.09 Å². The first kappa shape index (κ1) is 17.6. The lowest BCUT2D eigenvalue weighted by Crippen LogP contribution is -2.23. The number of aryl methyl sites for hydroxylation is 1. The van der Waals surface area contributed by atoms with Gasteiger partial charge in [-0.1, -0.05) is 18.2 Å². The molecule has 2 aromatic heterocycles. The van der Waals surface area contributed by atoms with Crippen LogP contribution in [0.1, 0.15) is 23.5 Å². The molecule has 26 heavy (non-hydrogen) atoms. The van der Waals surface area contributed by atoms with Crippen LogP contribution in [0.4, 0.5) is 4.79 Å². The van der Waals surface area contributed by atoms with E-state index < -0.39 is 6.09 Å². The first-order valence-corrected chi connectivity index (χ1v) is 8.28. The van der Waals surface area contributed by atoms with E-state index in [1.807, 2.05) is 30.1 Å². The summed E-state index contributed by atoms with van der Waals surface area (Å²) < 4.78 is 1.22. The number of hydrogen-bond donors (Lipinski definition) is 1. The Labute approximate surface area is 151 Å². The molecule has 0 saturated carbocycles. The van der Waals surface area contributed by atoms with Gasteiger partial charge in [-0.3, -0.25) is 9.88 Å². The number of nitriles is 1. The molecule has 3 rings (SSSR count). The molecule has 0 atom stereocenters. The van der Waals surface area contributed by atoms with Gasteiger partial charge in [0.1, 0.15) is 5.82 Å². The molecule has 0 aliphatic rings. The molecule has 0 saturated heterocycles. The van der Waals surface area contributed by atoms with Gasteiger partial charge in [-0.25, -0.2) is 14.3 Å². The Bertz CT molecular complexity index is 973. The van der Waals surface area contributed by atoms with Crippen LogP contribution < -0.4 is 0 Å². The Morgan fingerprint density at radius 2 is 2.08 bits per heavy atom. The van der Waals surface area contributed by atoms with E-state index in [1.165, 1.54) is 4.57 Å². The minimum atomic E-state index is -1.05. The number of carbonyl (C=O) groups is 1. The smallest absolute Gasteiger partial charge is 0.417 e. The predicted molar refractivity (Wildman–Crippen MR) is 96.5 cm³/mol. The number of rotatable bonds is 6. The van der Waals surface area contributed by atoms with Crippen molar-refractivity contribution in [1.29, 1.82) is 5.26 Å². The fourth-order valence-electron chi connectivity index (χ4n) is 2.98. The molecule has 0 unspecified atom stereocenters. The van der Waals surface area contributed by atoms with Crippen molar-refractivity contribution in [2.75, 3.05) is 7.05 Å². The van der Waals surface area contributed by atoms with Crippen LogP contribution in [0, 0.1) is 11.3 Å². The first-order chi connectivity index (χ1) is 12.6. The van der Waals surface area contributed by atoms with E-state index >= 15 is 0 Å². The number of benzene rings is 1. The van der Waals surface area contributed by atoms with E-state index in [0.717, 1.165) is 11.3 Å². The summed E-state index contributed by atoms with van der Waals surface area (Å²) in [4.78, 5) is 22.5. The molecule has 0 amide bonds. The Morgan fingerprint density at radius 3 is 2.85 bits per heavy atom. The van der Waals surface area contributed by atoms with Crippen molar-refractivity contribution >= 4 is 17.1 Å². The molecule has 0 bridgehead atoms. The summed E-state index contributed by atoms with van der Waals surface area (Å²) >= 11 is 0. The van der Waals surface area contributed by atoms with Gasteiger partial charge in [0.15, 0.2) is 0 Å². The maximum Gasteiger partial charge on any atom is 0.417 e. The summed E-state index contributed by atoms with van der Waals surface area (Å²) in [5, 5.41) is 18.4. The van der Waals surface area contributed by atoms with Gasteiger partial charge < -0.3 is 5.11 Å². The van der Waals surface area contributed by atoms with Gasteiger partial charge in [0, 0.05) is 19.2 Å². The molecule has 132 valence electrons. The predicted octanol–water partition coefficient (Wildman–Crippen LogP) is 3.05. The van der Waals surface area contributed by atoms with Crippen LogP contribution in [0.5, 0.6) is 0 Å². The highest BCUT2D eigenvalue weighted by molar-refractivity contribution is 5.86. The summed E-state index contributed by atoms with van der Waals surface area (Å²) in [6, 6.07) is 13.2. The number of para-hydroxylation sites is 2. The zero-order valence-corrected chi connectivity index (χ0v) is 14.5. The molecule has 1 aromatic carbocycles. The van der Waals surface area contributed by atoms with Gasteiger partial charge in [0.25, 0.3) is 0 Å². The number of nitrogens with zero attached hydrogens (tertiary/aromatic N) is 5. The Kier molecular flexibility index (Phi) is 5.25. The largest absolute Gasteiger partial charge is 0.464 e. The molecule has 1 N–H and O–H groups in total. The lowest BCUT2D eigenvalue weighted by molar-refractivity contribution is 0.194. The van der Waals surface area contributed by atoms with Crippen LogP contribution in [0.15, 0.2) is 42.6 Å². The van der Waals surface area contributed by atoms with Gasteiger partial charge in [-0.2, -0.15) is 5.26 Å². The molecule has 0 spiro atoms. The topological polar surface area (TPSA) is 95.0 Å². The van der Waals surface area contributed by atoms with Gasteiger partial charge in [-0.15, -0.1) is 0 Å². The van der Waals surface area contributed by atoms with Crippen LogP contribution in [0.25, 0.3) is 11.0 Å². The SMILES string of the molecule is CN(Cc1ncccc1CCC#N)Cc1nc2ccccc2n1C(=O)O. The molecule has 0 aliphatic heterocycles. The highest BCUT2D eigenvalue weighted by Gasteiger charge is 2.17. The molecule has 0 radical (unpaired) electrons. The Balaban J connectivity index is 1.82. The molecule has 3 aromatic rings. The number of carboxylic acid groups (broad SMARTS) is 1. The molecule has 7 heteroatoms. The van der Waals surface area contributed by atoms with E-state index in [4.69, 9.17) is 5.26 Å². The van der Waals surface area contributed by atoms with Crippen molar-refractivity contribution in [1.82, 2.24) is 19.4 Å². The molecule has 2 heterocycles. The van der Waals surface area contributed by atoms with Crippen molar-refractivity contribution in [3.05, 3.63) is 59.7 Å². The number of hydrogen-bond acceptors (Lipinski definition) is 5. The molecule has 0 aliphatic carbocycles. The third kappa shape index (κ3) is 3.71. The van der Waals surface area contributed by atoms with Crippen molar-refractivity contribution in [2.45, 2.75) is 25.9 Å². The Morgan fingerprint density at radius 1 is 1.27 bits per heavy atom. The summed E-state index contributed by atoms with van der Waals surface area (Å²) in [5.41, 5.74) is 3.16. The Hall–Kier alpha value is -3.24. The van der Waals surface area contributed by atoms with Crippen LogP contribution >= 0.6 is 0 Å². The van der Waals surface area contributed by atoms with Crippen LogP contribution in [-0.2, 0) is 19.5 Å². The third-order valence-corrected chi connectivity index (χ3v) is 4.14. The van der Waals surface area contributed by atoms with E-state index in [9.17, 15) is 9.90 Å². The highest BCUT2D eigenvalue weighted by atomic mass is 16.4. The first-order valence-electron chi connectivity index (χ1n) is 8.28. The van der Waals surface area contributed by atoms with E-state index in [-0.39, 0.29) is 0 Å². The quantitative estimate of drug-likeness (QED) is 0.735. The van der Waals surface area contributed by atoms with Crippen LogP contribution in [-0.4, -0.2) is 37.7 Å². The van der Waals surface area contributed by atoms with Gasteiger partial charge in [0.2, 0.25) is 0 Å². The maximum absolute atomic E-state index is 11.7. The standard InChI is InChI=1S/C19H19N5O2/c1-23(12-16-14(6-4-10-20)7-5-11-21-16)13-18-22-15-8-2-3-9-17(15)24(18)19(25)26/h2-3,5,7-9,11H,4,6,12-13H2,1H3,(H,25,26). The van der Waals surface area contributed by atoms with Crippen LogP contribution in [0.2, 0.25) is 0 Å². The lowest BCUT2D eigenvalue weighted by Gasteiger charge is -2.17. The van der Waals surface area contributed by atoms with E-state index in [2.05, 4.69) is 16.0 Å². The molecule has 7 nitrogen and oxygen atoms in total. The summed E-state index contributed by atoms with van der Waals surface area (Å²) in [6.07, 6.45) is 1.78. The average Bonchev–Trinajstić information content (AvgIpc) is 2.98. The summed E-state index contributed by atoms with van der Waals surface area (Å²) in [5.74, 6) is 0.468. The minimum absolute atomic E-state index is 0.370. The number of imidazole rings is 1. The van der Waals surface area contributed by atoms with Gasteiger partial charge in [-0.05, 0) is 37.2 Å².